The smallest absolute Gasteiger partial charge is 0.227 e. The van der Waals surface area contributed by atoms with E-state index in [1.807, 2.05) is 0 Å². The highest BCUT2D eigenvalue weighted by molar-refractivity contribution is 5.85. The van der Waals surface area contributed by atoms with E-state index in [1.165, 1.54) is 31.3 Å². The molecule has 0 saturated heterocycles. The quantitative estimate of drug-likeness (QED) is 0.716. The first kappa shape index (κ1) is 14.2. The summed E-state index contributed by atoms with van der Waals surface area (Å²) in [5.74, 6) is 0.645. The molecule has 3 atom stereocenters. The second-order valence-electron chi connectivity index (χ2n) is 8.31. The molecule has 2 saturated carbocycles. The molecular weight excluding hydrogens is 246 g/mol. The summed E-state index contributed by atoms with van der Waals surface area (Å²) in [6.45, 7) is 7.28. The molecular formula is C18H29NO. The summed E-state index contributed by atoms with van der Waals surface area (Å²) in [7, 11) is 0. The fourth-order valence-electron chi connectivity index (χ4n) is 5.94. The van der Waals surface area contributed by atoms with Gasteiger partial charge >= 0.3 is 0 Å². The second kappa shape index (κ2) is 4.35. The van der Waals surface area contributed by atoms with Crippen LogP contribution >= 0.6 is 0 Å². The zero-order chi connectivity index (χ0) is 14.6. The minimum absolute atomic E-state index is 0.0634. The molecule has 1 amide bonds. The number of amides is 1. The first-order valence-electron chi connectivity index (χ1n) is 8.34. The molecule has 2 nitrogen and oxygen atoms in total. The Bertz CT molecular complexity index is 464. The third-order valence-electron chi connectivity index (χ3n) is 6.85. The molecule has 0 aliphatic heterocycles. The predicted molar refractivity (Wildman–Crippen MR) is 82.0 cm³/mol. The Balaban J connectivity index is 2.09. The molecule has 0 radical (unpaired) electrons. The van der Waals surface area contributed by atoms with Crippen LogP contribution in [0.4, 0.5) is 0 Å². The van der Waals surface area contributed by atoms with Crippen molar-refractivity contribution in [1.29, 1.82) is 0 Å². The molecule has 0 bridgehead atoms. The number of primary amides is 1. The molecule has 112 valence electrons. The van der Waals surface area contributed by atoms with Gasteiger partial charge in [-0.25, -0.2) is 0 Å². The summed E-state index contributed by atoms with van der Waals surface area (Å²) in [4.78, 5) is 12.3. The molecule has 0 aromatic carbocycles. The molecule has 3 aliphatic carbocycles. The molecule has 2 unspecified atom stereocenters. The summed E-state index contributed by atoms with van der Waals surface area (Å²) in [5, 5.41) is 0. The van der Waals surface area contributed by atoms with Gasteiger partial charge in [0, 0.05) is 0 Å². The van der Waals surface area contributed by atoms with E-state index in [2.05, 4.69) is 26.8 Å². The lowest BCUT2D eigenvalue weighted by Gasteiger charge is -2.60. The Morgan fingerprint density at radius 3 is 2.60 bits per heavy atom. The van der Waals surface area contributed by atoms with Crippen LogP contribution < -0.4 is 5.73 Å². The lowest BCUT2D eigenvalue weighted by atomic mass is 9.44. The van der Waals surface area contributed by atoms with Gasteiger partial charge in [0.1, 0.15) is 0 Å². The van der Waals surface area contributed by atoms with Crippen LogP contribution in [-0.2, 0) is 4.79 Å². The van der Waals surface area contributed by atoms with Crippen molar-refractivity contribution >= 4 is 5.91 Å². The van der Waals surface area contributed by atoms with E-state index >= 15 is 0 Å². The Morgan fingerprint density at radius 2 is 1.90 bits per heavy atom. The SMILES string of the molecule is CC1(C)CCCC2(C)C3=CCCC[C@]3(C(N)=O)CCC12. The number of rotatable bonds is 1. The minimum atomic E-state index is -0.309. The van der Waals surface area contributed by atoms with Crippen molar-refractivity contribution in [3.63, 3.8) is 0 Å². The zero-order valence-corrected chi connectivity index (χ0v) is 13.3. The van der Waals surface area contributed by atoms with Crippen LogP contribution in [0.25, 0.3) is 0 Å². The normalized spacial score (nSPS) is 43.1. The summed E-state index contributed by atoms with van der Waals surface area (Å²) in [6, 6.07) is 0. The van der Waals surface area contributed by atoms with Crippen LogP contribution in [-0.4, -0.2) is 5.91 Å². The highest BCUT2D eigenvalue weighted by Crippen LogP contribution is 2.65. The van der Waals surface area contributed by atoms with Gasteiger partial charge in [0.2, 0.25) is 5.91 Å². The van der Waals surface area contributed by atoms with Crippen molar-refractivity contribution in [2.45, 2.75) is 72.1 Å². The first-order valence-corrected chi connectivity index (χ1v) is 8.34. The van der Waals surface area contributed by atoms with Crippen molar-refractivity contribution in [2.75, 3.05) is 0 Å². The van der Waals surface area contributed by atoms with Gasteiger partial charge in [0.25, 0.3) is 0 Å². The lowest BCUT2D eigenvalue weighted by molar-refractivity contribution is -0.132. The summed E-state index contributed by atoms with van der Waals surface area (Å²) in [6.07, 6.45) is 11.6. The highest BCUT2D eigenvalue weighted by Gasteiger charge is 2.58. The molecule has 2 fully saturated rings. The third-order valence-corrected chi connectivity index (χ3v) is 6.85. The summed E-state index contributed by atoms with van der Waals surface area (Å²) < 4.78 is 0. The Labute approximate surface area is 123 Å². The molecule has 20 heavy (non-hydrogen) atoms. The van der Waals surface area contributed by atoms with E-state index in [4.69, 9.17) is 5.73 Å². The maximum absolute atomic E-state index is 12.3. The lowest BCUT2D eigenvalue weighted by Crippen LogP contribution is -2.55. The number of carbonyl (C=O) groups excluding carboxylic acids is 1. The predicted octanol–water partition coefficient (Wildman–Crippen LogP) is 4.19. The number of carbonyl (C=O) groups is 1. The molecule has 0 spiro atoms. The van der Waals surface area contributed by atoms with Crippen LogP contribution in [0.1, 0.15) is 72.1 Å². The molecule has 0 heterocycles. The Morgan fingerprint density at radius 1 is 1.15 bits per heavy atom. The van der Waals surface area contributed by atoms with Gasteiger partial charge in [0.05, 0.1) is 5.41 Å². The maximum Gasteiger partial charge on any atom is 0.227 e. The van der Waals surface area contributed by atoms with Crippen LogP contribution in [0.3, 0.4) is 0 Å². The van der Waals surface area contributed by atoms with Crippen LogP contribution in [0.2, 0.25) is 0 Å². The minimum Gasteiger partial charge on any atom is -0.369 e. The molecule has 0 aromatic rings. The molecule has 3 rings (SSSR count). The number of allylic oxidation sites excluding steroid dienone is 1. The topological polar surface area (TPSA) is 43.1 Å². The molecule has 2 N–H and O–H groups in total. The Kier molecular flexibility index (Phi) is 3.08. The third kappa shape index (κ3) is 1.72. The maximum atomic E-state index is 12.3. The van der Waals surface area contributed by atoms with E-state index < -0.39 is 0 Å². The van der Waals surface area contributed by atoms with Gasteiger partial charge in [-0.1, -0.05) is 38.8 Å². The van der Waals surface area contributed by atoms with E-state index in [-0.39, 0.29) is 16.7 Å². The van der Waals surface area contributed by atoms with Gasteiger partial charge in [-0.05, 0) is 61.7 Å². The fraction of sp³-hybridized carbons (Fsp3) is 0.833. The van der Waals surface area contributed by atoms with Crippen molar-refractivity contribution in [2.24, 2.45) is 27.9 Å². The number of nitrogens with two attached hydrogens (primary N) is 1. The highest BCUT2D eigenvalue weighted by atomic mass is 16.1. The number of fused-ring (bicyclic) bond motifs is 3. The molecule has 0 aromatic heterocycles. The van der Waals surface area contributed by atoms with E-state index in [0.29, 0.717) is 11.3 Å². The standard InChI is InChI=1S/C18H29NO/c1-16(2)9-6-10-17(3)13(16)8-12-18(15(19)20)11-5-4-7-14(17)18/h7,13H,4-6,8-12H2,1-3H3,(H2,19,20)/t13?,17?,18-/m0/s1. The van der Waals surface area contributed by atoms with Crippen LogP contribution in [0, 0.1) is 22.2 Å². The molecule has 3 aliphatic rings. The molecule has 2 heteroatoms. The Hall–Kier alpha value is -0.790. The monoisotopic (exact) mass is 275 g/mol. The van der Waals surface area contributed by atoms with Gasteiger partial charge in [-0.3, -0.25) is 4.79 Å². The van der Waals surface area contributed by atoms with Gasteiger partial charge in [-0.15, -0.1) is 0 Å². The van der Waals surface area contributed by atoms with E-state index in [1.54, 1.807) is 0 Å². The average Bonchev–Trinajstić information content (AvgIpc) is 2.37. The van der Waals surface area contributed by atoms with Gasteiger partial charge in [-0.2, -0.15) is 0 Å². The summed E-state index contributed by atoms with van der Waals surface area (Å²) in [5.41, 5.74) is 7.60. The van der Waals surface area contributed by atoms with Gasteiger partial charge < -0.3 is 5.73 Å². The average molecular weight is 275 g/mol. The fourth-order valence-corrected chi connectivity index (χ4v) is 5.94. The van der Waals surface area contributed by atoms with Crippen molar-refractivity contribution < 1.29 is 4.79 Å². The second-order valence-corrected chi connectivity index (χ2v) is 8.31. The summed E-state index contributed by atoms with van der Waals surface area (Å²) >= 11 is 0. The largest absolute Gasteiger partial charge is 0.369 e. The first-order chi connectivity index (χ1) is 9.33. The van der Waals surface area contributed by atoms with E-state index in [0.717, 1.165) is 25.7 Å². The number of hydrogen-bond acceptors (Lipinski definition) is 1. The van der Waals surface area contributed by atoms with Crippen molar-refractivity contribution in [3.05, 3.63) is 11.6 Å². The van der Waals surface area contributed by atoms with Crippen molar-refractivity contribution in [3.8, 4) is 0 Å². The number of hydrogen-bond donors (Lipinski definition) is 1. The van der Waals surface area contributed by atoms with Gasteiger partial charge in [0.15, 0.2) is 0 Å². The van der Waals surface area contributed by atoms with Crippen LogP contribution in [0.5, 0.6) is 0 Å². The van der Waals surface area contributed by atoms with Crippen LogP contribution in [0.15, 0.2) is 11.6 Å². The van der Waals surface area contributed by atoms with E-state index in [9.17, 15) is 4.79 Å². The van der Waals surface area contributed by atoms with Crippen molar-refractivity contribution in [1.82, 2.24) is 0 Å². The zero-order valence-electron chi connectivity index (χ0n) is 13.3.